The van der Waals surface area contributed by atoms with Crippen molar-refractivity contribution in [1.29, 1.82) is 0 Å². The Morgan fingerprint density at radius 3 is 2.05 bits per heavy atom. The highest BCUT2D eigenvalue weighted by Gasteiger charge is 2.52. The summed E-state index contributed by atoms with van der Waals surface area (Å²) < 4.78 is 52.4. The molecule has 0 spiro atoms. The van der Waals surface area contributed by atoms with Crippen LogP contribution in [-0.4, -0.2) is 99.4 Å². The van der Waals surface area contributed by atoms with Gasteiger partial charge in [0.2, 0.25) is 0 Å². The van der Waals surface area contributed by atoms with Crippen LogP contribution in [0.3, 0.4) is 0 Å². The quantitative estimate of drug-likeness (QED) is 0.212. The molecule has 4 aromatic heterocycles. The average Bonchev–Trinajstić information content (AvgIpc) is 3.73. The van der Waals surface area contributed by atoms with Crippen LogP contribution in [0.15, 0.2) is 25.3 Å². The van der Waals surface area contributed by atoms with Gasteiger partial charge in [-0.25, -0.2) is 29.9 Å². The fourth-order valence-corrected chi connectivity index (χ4v) is 8.33. The molecule has 44 heavy (non-hydrogen) atoms. The first-order chi connectivity index (χ1) is 20.9. The zero-order chi connectivity index (χ0) is 31.0. The molecular weight excluding hydrogens is 642 g/mol. The maximum atomic E-state index is 13.6. The number of imidazole rings is 2. The summed E-state index contributed by atoms with van der Waals surface area (Å²) in [5.74, 6) is -0.120. The lowest BCUT2D eigenvalue weighted by molar-refractivity contribution is -0.0581. The second-order valence-corrected chi connectivity index (χ2v) is 15.4. The van der Waals surface area contributed by atoms with Crippen LogP contribution in [-0.2, 0) is 43.9 Å². The van der Waals surface area contributed by atoms with Gasteiger partial charge in [0, 0.05) is 12.6 Å². The van der Waals surface area contributed by atoms with Crippen molar-refractivity contribution in [2.75, 3.05) is 31.3 Å². The van der Waals surface area contributed by atoms with Crippen molar-refractivity contribution in [1.82, 2.24) is 39.0 Å². The number of aliphatic hydroxyl groups is 1. The molecule has 6 N–H and O–H groups in total. The van der Waals surface area contributed by atoms with Gasteiger partial charge in [0.25, 0.3) is 0 Å². The minimum atomic E-state index is -3.95. The molecule has 2 unspecified atom stereocenters. The highest BCUT2D eigenvalue weighted by atomic mass is 32.5. The average molecular weight is 671 g/mol. The van der Waals surface area contributed by atoms with E-state index in [0.717, 1.165) is 0 Å². The third-order valence-corrected chi connectivity index (χ3v) is 10.5. The fourth-order valence-electron chi connectivity index (χ4n) is 5.64. The molecule has 3 fully saturated rings. The number of rotatable bonds is 2. The largest absolute Gasteiger partial charge is 0.386 e. The van der Waals surface area contributed by atoms with E-state index in [1.54, 1.807) is 4.57 Å². The van der Waals surface area contributed by atoms with Gasteiger partial charge in [-0.3, -0.25) is 18.2 Å². The van der Waals surface area contributed by atoms with E-state index >= 15 is 0 Å². The molecule has 3 aliphatic rings. The second-order valence-electron chi connectivity index (χ2n) is 10.6. The Morgan fingerprint density at radius 2 is 1.41 bits per heavy atom. The molecule has 19 nitrogen and oxygen atoms in total. The van der Waals surface area contributed by atoms with Gasteiger partial charge in [-0.2, -0.15) is 0 Å². The van der Waals surface area contributed by atoms with Gasteiger partial charge in [-0.05, 0) is 11.8 Å². The Morgan fingerprint density at radius 1 is 0.864 bits per heavy atom. The summed E-state index contributed by atoms with van der Waals surface area (Å²) in [7, 11) is -3.87. The third-order valence-electron chi connectivity index (χ3n) is 7.72. The lowest BCUT2D eigenvalue weighted by Gasteiger charge is -2.30. The zero-order valence-corrected chi connectivity index (χ0v) is 25.7. The summed E-state index contributed by atoms with van der Waals surface area (Å²) in [6.07, 6.45) is -1.84. The van der Waals surface area contributed by atoms with Crippen LogP contribution in [0.5, 0.6) is 0 Å². The fraction of sp³-hybridized carbons (Fsp3) is 0.545. The maximum Gasteiger partial charge on any atom is 0.328 e. The molecule has 7 rings (SSSR count). The molecule has 0 radical (unpaired) electrons. The van der Waals surface area contributed by atoms with E-state index in [4.69, 9.17) is 50.8 Å². The maximum absolute atomic E-state index is 13.6. The predicted octanol–water partition coefficient (Wildman–Crippen LogP) is 0.479. The minimum Gasteiger partial charge on any atom is -0.386 e. The molecule has 7 heterocycles. The summed E-state index contributed by atoms with van der Waals surface area (Å²) in [5.41, 5.74) is 13.2. The Bertz CT molecular complexity index is 1700. The number of fused-ring (bicyclic) bond motifs is 4. The first-order valence-electron chi connectivity index (χ1n) is 13.3. The van der Waals surface area contributed by atoms with E-state index in [1.165, 1.54) is 36.5 Å². The number of nitrogen functional groups attached to an aromatic ring is 2. The van der Waals surface area contributed by atoms with Crippen LogP contribution < -0.4 is 11.5 Å². The molecule has 10 atom stereocenters. The number of aromatic nitrogens is 8. The van der Waals surface area contributed by atoms with Gasteiger partial charge in [0.1, 0.15) is 60.4 Å². The standard InChI is InChI=1S/C22H28N10O9P2S/c1-9-15-10(38-21(9)31-7-29-12-17(23)25-5-27-19(12)31)3-36-42(2,34)40-16-11(4-37-43(35,44)41-15)39-22(14(16)33)32-8-30-13-18(24)26-6-28-20(13)32/h5-11,14-16,21-22,33H,3-4H2,1-2H3,(H,35,44)(H2,23,25,27)(H2,24,26,28)/t9-,10?,11-,14-,15+,16-,21-,22-,42+,43?/m1/s1. The van der Waals surface area contributed by atoms with Crippen molar-refractivity contribution in [3.63, 3.8) is 0 Å². The SMILES string of the molecule is C[C@@H]1[C@@H]2OP(O)(=S)OC[C@H]3O[C@@H](n4cnc5c(N)ncnc54)[C@H](O)[C@@H]3O[P@@](C)(=O)OCC2O[C@H]1n1cnc2c(N)ncnc21. The van der Waals surface area contributed by atoms with Gasteiger partial charge in [-0.1, -0.05) is 6.92 Å². The number of nitrogens with two attached hydrogens (primary N) is 2. The molecule has 0 bridgehead atoms. The molecule has 0 amide bonds. The first kappa shape index (κ1) is 29.9. The van der Waals surface area contributed by atoms with Crippen molar-refractivity contribution < 1.29 is 42.1 Å². The Labute approximate surface area is 253 Å². The number of hydrogen-bond acceptors (Lipinski definition) is 17. The summed E-state index contributed by atoms with van der Waals surface area (Å²) in [6, 6.07) is 0. The molecule has 236 valence electrons. The lowest BCUT2D eigenvalue weighted by Crippen LogP contribution is -2.37. The molecule has 4 aromatic rings. The van der Waals surface area contributed by atoms with Crippen LogP contribution >= 0.6 is 14.3 Å². The summed E-state index contributed by atoms with van der Waals surface area (Å²) in [6.45, 7) is -1.52. The number of aliphatic hydroxyl groups excluding tert-OH is 1. The second kappa shape index (κ2) is 11.0. The molecule has 22 heteroatoms. The van der Waals surface area contributed by atoms with Crippen molar-refractivity contribution in [3.05, 3.63) is 25.3 Å². The van der Waals surface area contributed by atoms with Gasteiger partial charge in [0.15, 0.2) is 29.2 Å². The van der Waals surface area contributed by atoms with E-state index < -0.39 is 63.2 Å². The van der Waals surface area contributed by atoms with Crippen molar-refractivity contribution >= 4 is 60.1 Å². The molecule has 0 aliphatic carbocycles. The van der Waals surface area contributed by atoms with Gasteiger partial charge < -0.3 is 44.5 Å². The van der Waals surface area contributed by atoms with E-state index in [9.17, 15) is 14.6 Å². The van der Waals surface area contributed by atoms with E-state index in [1.807, 2.05) is 6.92 Å². The Hall–Kier alpha value is -2.74. The summed E-state index contributed by atoms with van der Waals surface area (Å²) in [4.78, 5) is 36.0. The predicted molar refractivity (Wildman–Crippen MR) is 154 cm³/mol. The van der Waals surface area contributed by atoms with E-state index in [0.29, 0.717) is 22.3 Å². The lowest BCUT2D eigenvalue weighted by atomic mass is 10.0. The number of nitrogens with zero attached hydrogens (tertiary/aromatic N) is 8. The van der Waals surface area contributed by atoms with Crippen molar-refractivity contribution in [2.24, 2.45) is 5.92 Å². The van der Waals surface area contributed by atoms with Gasteiger partial charge in [0.05, 0.1) is 25.9 Å². The Kier molecular flexibility index (Phi) is 7.46. The van der Waals surface area contributed by atoms with Gasteiger partial charge in [-0.15, -0.1) is 0 Å². The molecule has 0 saturated carbocycles. The van der Waals surface area contributed by atoms with Crippen LogP contribution in [0.25, 0.3) is 22.3 Å². The third kappa shape index (κ3) is 5.19. The molecule has 3 saturated heterocycles. The minimum absolute atomic E-state index is 0.139. The summed E-state index contributed by atoms with van der Waals surface area (Å²) in [5, 5.41) is 11.3. The zero-order valence-electron chi connectivity index (χ0n) is 23.1. The van der Waals surface area contributed by atoms with Crippen LogP contribution in [0, 0.1) is 5.92 Å². The van der Waals surface area contributed by atoms with Gasteiger partial charge >= 0.3 is 14.3 Å². The topological polar surface area (TPSA) is 252 Å². The molecule has 3 aliphatic heterocycles. The van der Waals surface area contributed by atoms with E-state index in [-0.39, 0.29) is 24.8 Å². The van der Waals surface area contributed by atoms with Crippen LogP contribution in [0.1, 0.15) is 19.4 Å². The van der Waals surface area contributed by atoms with Crippen LogP contribution in [0.4, 0.5) is 11.6 Å². The highest BCUT2D eigenvalue weighted by molar-refractivity contribution is 8.07. The highest BCUT2D eigenvalue weighted by Crippen LogP contribution is 2.55. The summed E-state index contributed by atoms with van der Waals surface area (Å²) >= 11 is 5.37. The van der Waals surface area contributed by atoms with Crippen molar-refractivity contribution in [2.45, 2.75) is 49.9 Å². The monoisotopic (exact) mass is 670 g/mol. The Balaban J connectivity index is 1.17. The van der Waals surface area contributed by atoms with E-state index in [2.05, 4.69) is 29.9 Å². The molecule has 0 aromatic carbocycles. The van der Waals surface area contributed by atoms with Crippen LogP contribution in [0.2, 0.25) is 0 Å². The molecular formula is C22H28N10O9P2S. The number of anilines is 2. The number of ether oxygens (including phenoxy) is 2. The van der Waals surface area contributed by atoms with Crippen molar-refractivity contribution in [3.8, 4) is 0 Å². The smallest absolute Gasteiger partial charge is 0.328 e. The normalized spacial score (nSPS) is 38.3. The first-order valence-corrected chi connectivity index (χ1v) is 17.9. The number of hydrogen-bond donors (Lipinski definition) is 4.